The predicted octanol–water partition coefficient (Wildman–Crippen LogP) is -0.194. The molecule has 1 saturated heterocycles. The number of hydrogen-bond acceptors (Lipinski definition) is 4. The van der Waals surface area contributed by atoms with Crippen LogP contribution >= 0.6 is 0 Å². The second-order valence-corrected chi connectivity index (χ2v) is 4.08. The molecule has 0 aliphatic carbocycles. The van der Waals surface area contributed by atoms with E-state index in [1.807, 2.05) is 6.92 Å². The van der Waals surface area contributed by atoms with Gasteiger partial charge in [0.15, 0.2) is 0 Å². The smallest absolute Gasteiger partial charge is 0.328 e. The number of methoxy groups -OCH3 is 1. The van der Waals surface area contributed by atoms with Gasteiger partial charge >= 0.3 is 5.97 Å². The van der Waals surface area contributed by atoms with Gasteiger partial charge in [0.2, 0.25) is 5.91 Å². The summed E-state index contributed by atoms with van der Waals surface area (Å²) in [5.41, 5.74) is -0.539. The lowest BCUT2D eigenvalue weighted by Crippen LogP contribution is -2.54. The minimum absolute atomic E-state index is 0.141. The number of nitrogens with one attached hydrogen (secondary N) is 2. The Morgan fingerprint density at radius 1 is 1.53 bits per heavy atom. The minimum Gasteiger partial charge on any atom is -0.467 e. The lowest BCUT2D eigenvalue weighted by Gasteiger charge is -2.24. The quantitative estimate of drug-likeness (QED) is 0.639. The summed E-state index contributed by atoms with van der Waals surface area (Å²) in [6, 6.07) is -0.596. The van der Waals surface area contributed by atoms with Crippen LogP contribution in [0, 0.1) is 0 Å². The van der Waals surface area contributed by atoms with Crippen LogP contribution in [0.1, 0.15) is 26.7 Å². The first-order chi connectivity index (χ1) is 6.99. The Balaban J connectivity index is 2.51. The third-order valence-corrected chi connectivity index (χ3v) is 2.77. The zero-order valence-electron chi connectivity index (χ0n) is 9.42. The van der Waals surface area contributed by atoms with Crippen LogP contribution in [0.5, 0.6) is 0 Å². The van der Waals surface area contributed by atoms with E-state index in [9.17, 15) is 9.59 Å². The molecule has 86 valence electrons. The van der Waals surface area contributed by atoms with Gasteiger partial charge in [-0.15, -0.1) is 0 Å². The van der Waals surface area contributed by atoms with E-state index in [0.29, 0.717) is 0 Å². The number of hydrogen-bond donors (Lipinski definition) is 2. The van der Waals surface area contributed by atoms with Gasteiger partial charge in [0.1, 0.15) is 6.04 Å². The molecule has 15 heavy (non-hydrogen) atoms. The fourth-order valence-corrected chi connectivity index (χ4v) is 1.68. The summed E-state index contributed by atoms with van der Waals surface area (Å²) in [5, 5.41) is 5.77. The third kappa shape index (κ3) is 2.68. The Labute approximate surface area is 89.6 Å². The number of carbonyl (C=O) groups is 2. The van der Waals surface area contributed by atoms with Gasteiger partial charge in [-0.3, -0.25) is 4.79 Å². The van der Waals surface area contributed by atoms with Gasteiger partial charge < -0.3 is 15.4 Å². The van der Waals surface area contributed by atoms with Crippen LogP contribution < -0.4 is 10.6 Å². The van der Waals surface area contributed by atoms with Gasteiger partial charge in [-0.1, -0.05) is 0 Å². The average Bonchev–Trinajstić information content (AvgIpc) is 2.65. The van der Waals surface area contributed by atoms with Crippen molar-refractivity contribution >= 4 is 11.9 Å². The zero-order valence-corrected chi connectivity index (χ0v) is 9.42. The van der Waals surface area contributed by atoms with Crippen molar-refractivity contribution in [3.63, 3.8) is 0 Å². The van der Waals surface area contributed by atoms with E-state index in [1.165, 1.54) is 7.11 Å². The van der Waals surface area contributed by atoms with Crippen molar-refractivity contribution in [2.45, 2.75) is 38.3 Å². The Hall–Kier alpha value is -1.10. The lowest BCUT2D eigenvalue weighted by atomic mass is 9.99. The highest BCUT2D eigenvalue weighted by molar-refractivity contribution is 5.90. The van der Waals surface area contributed by atoms with Gasteiger partial charge in [-0.05, 0) is 33.2 Å². The molecule has 0 saturated carbocycles. The van der Waals surface area contributed by atoms with Crippen LogP contribution in [-0.4, -0.2) is 37.1 Å². The molecule has 5 nitrogen and oxygen atoms in total. The molecule has 1 aliphatic heterocycles. The van der Waals surface area contributed by atoms with Gasteiger partial charge in [-0.2, -0.15) is 0 Å². The van der Waals surface area contributed by atoms with Crippen molar-refractivity contribution in [3.8, 4) is 0 Å². The molecule has 1 unspecified atom stereocenters. The molecular weight excluding hydrogens is 196 g/mol. The largest absolute Gasteiger partial charge is 0.467 e. The van der Waals surface area contributed by atoms with E-state index in [1.54, 1.807) is 6.92 Å². The van der Waals surface area contributed by atoms with Crippen molar-refractivity contribution < 1.29 is 14.3 Å². The SMILES string of the molecule is COC(=O)[C@H](C)NC(=O)C1(C)CCCN1. The van der Waals surface area contributed by atoms with E-state index < -0.39 is 17.6 Å². The maximum Gasteiger partial charge on any atom is 0.328 e. The van der Waals surface area contributed by atoms with Crippen molar-refractivity contribution in [1.82, 2.24) is 10.6 Å². The van der Waals surface area contributed by atoms with Crippen molar-refractivity contribution in [3.05, 3.63) is 0 Å². The molecule has 1 aliphatic rings. The van der Waals surface area contributed by atoms with Crippen LogP contribution in [0.15, 0.2) is 0 Å². The van der Waals surface area contributed by atoms with E-state index in [0.717, 1.165) is 19.4 Å². The van der Waals surface area contributed by atoms with E-state index >= 15 is 0 Å². The lowest BCUT2D eigenvalue weighted by molar-refractivity contribution is -0.145. The highest BCUT2D eigenvalue weighted by Crippen LogP contribution is 2.18. The molecule has 2 atom stereocenters. The van der Waals surface area contributed by atoms with E-state index in [2.05, 4.69) is 15.4 Å². The number of carbonyl (C=O) groups excluding carboxylic acids is 2. The van der Waals surface area contributed by atoms with Gasteiger partial charge in [-0.25, -0.2) is 4.79 Å². The summed E-state index contributed by atoms with van der Waals surface area (Å²) in [6.45, 7) is 4.30. The zero-order chi connectivity index (χ0) is 11.5. The third-order valence-electron chi connectivity index (χ3n) is 2.77. The molecule has 0 radical (unpaired) electrons. The highest BCUT2D eigenvalue weighted by atomic mass is 16.5. The second-order valence-electron chi connectivity index (χ2n) is 4.08. The molecule has 0 aromatic carbocycles. The van der Waals surface area contributed by atoms with E-state index in [4.69, 9.17) is 0 Å². The fourth-order valence-electron chi connectivity index (χ4n) is 1.68. The number of ether oxygens (including phenoxy) is 1. The number of rotatable bonds is 3. The molecule has 1 amide bonds. The van der Waals surface area contributed by atoms with Crippen LogP contribution in [-0.2, 0) is 14.3 Å². The van der Waals surface area contributed by atoms with Gasteiger partial charge in [0, 0.05) is 0 Å². The molecular formula is C10H18N2O3. The van der Waals surface area contributed by atoms with Crippen molar-refractivity contribution in [1.29, 1.82) is 0 Å². The Morgan fingerprint density at radius 2 is 2.20 bits per heavy atom. The topological polar surface area (TPSA) is 67.4 Å². The molecule has 0 aromatic heterocycles. The summed E-state index contributed by atoms with van der Waals surface area (Å²) in [6.07, 6.45) is 1.78. The van der Waals surface area contributed by atoms with Crippen LogP contribution in [0.2, 0.25) is 0 Å². The first kappa shape index (κ1) is 12.0. The molecule has 0 bridgehead atoms. The average molecular weight is 214 g/mol. The standard InChI is InChI=1S/C10H18N2O3/c1-7(8(13)15-3)12-9(14)10(2)5-4-6-11-10/h7,11H,4-6H2,1-3H3,(H,12,14)/t7-,10?/m0/s1. The molecule has 0 spiro atoms. The number of esters is 1. The van der Waals surface area contributed by atoms with Crippen molar-refractivity contribution in [2.75, 3.05) is 13.7 Å². The molecule has 1 fully saturated rings. The number of amides is 1. The summed E-state index contributed by atoms with van der Waals surface area (Å²) >= 11 is 0. The Kier molecular flexibility index (Phi) is 3.68. The second kappa shape index (κ2) is 4.61. The normalized spacial score (nSPS) is 27.1. The van der Waals surface area contributed by atoms with Crippen LogP contribution in [0.4, 0.5) is 0 Å². The molecule has 1 heterocycles. The molecule has 0 aromatic rings. The summed E-state index contributed by atoms with van der Waals surface area (Å²) in [7, 11) is 1.31. The predicted molar refractivity (Wildman–Crippen MR) is 55.3 cm³/mol. The Morgan fingerprint density at radius 3 is 2.67 bits per heavy atom. The van der Waals surface area contributed by atoms with Crippen LogP contribution in [0.3, 0.4) is 0 Å². The molecule has 5 heteroatoms. The minimum atomic E-state index is -0.596. The summed E-state index contributed by atoms with van der Waals surface area (Å²) in [4.78, 5) is 22.9. The molecule has 1 rings (SSSR count). The first-order valence-electron chi connectivity index (χ1n) is 5.13. The van der Waals surface area contributed by atoms with E-state index in [-0.39, 0.29) is 5.91 Å². The first-order valence-corrected chi connectivity index (χ1v) is 5.13. The maximum atomic E-state index is 11.8. The Bertz CT molecular complexity index is 259. The fraction of sp³-hybridized carbons (Fsp3) is 0.800. The summed E-state index contributed by atoms with van der Waals surface area (Å²) < 4.78 is 4.53. The van der Waals surface area contributed by atoms with Crippen LogP contribution in [0.25, 0.3) is 0 Å². The maximum absolute atomic E-state index is 11.8. The van der Waals surface area contributed by atoms with Gasteiger partial charge in [0.05, 0.1) is 12.6 Å². The van der Waals surface area contributed by atoms with Gasteiger partial charge in [0.25, 0.3) is 0 Å². The van der Waals surface area contributed by atoms with Crippen molar-refractivity contribution in [2.24, 2.45) is 0 Å². The monoisotopic (exact) mass is 214 g/mol. The summed E-state index contributed by atoms with van der Waals surface area (Å²) in [5.74, 6) is -0.567. The highest BCUT2D eigenvalue weighted by Gasteiger charge is 2.37. The molecule has 2 N–H and O–H groups in total.